The number of aromatic nitrogens is 2. The van der Waals surface area contributed by atoms with Crippen molar-refractivity contribution >= 4 is 15.6 Å². The summed E-state index contributed by atoms with van der Waals surface area (Å²) in [6.07, 6.45) is 3.03. The van der Waals surface area contributed by atoms with Gasteiger partial charge in [-0.05, 0) is 6.42 Å². The molecule has 0 aromatic carbocycles. The Kier molecular flexibility index (Phi) is 3.28. The summed E-state index contributed by atoms with van der Waals surface area (Å²) in [4.78, 5) is 17.8. The van der Waals surface area contributed by atoms with E-state index >= 15 is 0 Å². The van der Waals surface area contributed by atoms with Crippen LogP contribution in [0.2, 0.25) is 0 Å². The van der Waals surface area contributed by atoms with E-state index in [-0.39, 0.29) is 22.6 Å². The van der Waals surface area contributed by atoms with Crippen LogP contribution < -0.4 is 0 Å². The summed E-state index contributed by atoms with van der Waals surface area (Å²) < 4.78 is 22.2. The largest absolute Gasteiger partial charge is 0.326 e. The van der Waals surface area contributed by atoms with E-state index in [0.29, 0.717) is 6.42 Å². The maximum atomic E-state index is 11.6. The van der Waals surface area contributed by atoms with E-state index in [1.807, 2.05) is 6.92 Å². The minimum Gasteiger partial charge on any atom is -0.326 e. The van der Waals surface area contributed by atoms with E-state index in [0.717, 1.165) is 6.26 Å². The molecule has 0 amide bonds. The predicted octanol–water partition coefficient (Wildman–Crippen LogP) is 1.04. The van der Waals surface area contributed by atoms with Gasteiger partial charge in [-0.25, -0.2) is 13.4 Å². The fourth-order valence-electron chi connectivity index (χ4n) is 1.07. The molecule has 84 valence electrons. The molecule has 1 rings (SSSR count). The van der Waals surface area contributed by atoms with Crippen LogP contribution >= 0.6 is 0 Å². The van der Waals surface area contributed by atoms with E-state index in [2.05, 4.69) is 9.97 Å². The molecule has 0 fully saturated rings. The molecule has 0 aliphatic rings. The molecule has 1 heterocycles. The van der Waals surface area contributed by atoms with Gasteiger partial charge in [-0.2, -0.15) is 0 Å². The standard InChI is InChI=1S/C9H14N2O3S/c1-4-6(2)8(12)7-5-10-9(11-7)15(3,13)14/h5-6H,4H2,1-3H3,(H,10,11)/t6-/m1/s1. The lowest BCUT2D eigenvalue weighted by molar-refractivity contribution is 0.0922. The monoisotopic (exact) mass is 230 g/mol. The molecule has 5 nitrogen and oxygen atoms in total. The number of carbonyl (C=O) groups is 1. The Hall–Kier alpha value is -1.17. The molecule has 0 bridgehead atoms. The summed E-state index contributed by atoms with van der Waals surface area (Å²) in [6, 6.07) is 0. The van der Waals surface area contributed by atoms with Gasteiger partial charge >= 0.3 is 0 Å². The Morgan fingerprint density at radius 1 is 1.60 bits per heavy atom. The van der Waals surface area contributed by atoms with Crippen LogP contribution in [-0.4, -0.2) is 30.4 Å². The maximum absolute atomic E-state index is 11.6. The van der Waals surface area contributed by atoms with E-state index in [1.165, 1.54) is 6.20 Å². The number of nitrogens with zero attached hydrogens (tertiary/aromatic N) is 1. The molecule has 15 heavy (non-hydrogen) atoms. The van der Waals surface area contributed by atoms with Gasteiger partial charge in [0.25, 0.3) is 0 Å². The first kappa shape index (κ1) is 11.9. The highest BCUT2D eigenvalue weighted by molar-refractivity contribution is 7.90. The number of hydrogen-bond donors (Lipinski definition) is 1. The predicted molar refractivity (Wildman–Crippen MR) is 55.5 cm³/mol. The Bertz CT molecular complexity index is 461. The zero-order valence-corrected chi connectivity index (χ0v) is 9.76. The second kappa shape index (κ2) is 4.14. The lowest BCUT2D eigenvalue weighted by Crippen LogP contribution is -2.11. The number of Topliss-reactive ketones (excluding diaryl/α,β-unsaturated/α-hetero) is 1. The molecular formula is C9H14N2O3S. The first-order valence-corrected chi connectivity index (χ1v) is 6.54. The Balaban J connectivity index is 3.00. The van der Waals surface area contributed by atoms with Crippen molar-refractivity contribution in [2.45, 2.75) is 25.4 Å². The third kappa shape index (κ3) is 2.65. The number of rotatable bonds is 4. The third-order valence-electron chi connectivity index (χ3n) is 2.23. The first-order chi connectivity index (χ1) is 6.86. The van der Waals surface area contributed by atoms with Crippen LogP contribution in [0.25, 0.3) is 0 Å². The topological polar surface area (TPSA) is 79.9 Å². The summed E-state index contributed by atoms with van der Waals surface area (Å²) in [5.74, 6) is -0.238. The number of ketones is 1. The van der Waals surface area contributed by atoms with Crippen LogP contribution in [-0.2, 0) is 9.84 Å². The van der Waals surface area contributed by atoms with Crippen LogP contribution in [0.4, 0.5) is 0 Å². The number of carbonyl (C=O) groups excluding carboxylic acids is 1. The van der Waals surface area contributed by atoms with Gasteiger partial charge in [-0.15, -0.1) is 0 Å². The molecule has 0 unspecified atom stereocenters. The van der Waals surface area contributed by atoms with Crippen LogP contribution in [0.5, 0.6) is 0 Å². The average molecular weight is 230 g/mol. The minimum absolute atomic E-state index is 0.111. The van der Waals surface area contributed by atoms with Crippen molar-refractivity contribution in [3.05, 3.63) is 11.9 Å². The van der Waals surface area contributed by atoms with Gasteiger partial charge in [0.1, 0.15) is 5.69 Å². The minimum atomic E-state index is -3.37. The van der Waals surface area contributed by atoms with Crippen LogP contribution in [0.1, 0.15) is 30.8 Å². The average Bonchev–Trinajstić information content (AvgIpc) is 2.63. The van der Waals surface area contributed by atoms with Crippen molar-refractivity contribution in [2.24, 2.45) is 5.92 Å². The van der Waals surface area contributed by atoms with Gasteiger partial charge in [0.15, 0.2) is 5.78 Å². The summed E-state index contributed by atoms with van der Waals surface area (Å²) in [7, 11) is -3.37. The number of H-pyrrole nitrogens is 1. The van der Waals surface area contributed by atoms with Crippen molar-refractivity contribution in [2.75, 3.05) is 6.26 Å². The van der Waals surface area contributed by atoms with Crippen LogP contribution in [0.15, 0.2) is 11.4 Å². The molecule has 1 atom stereocenters. The zero-order valence-electron chi connectivity index (χ0n) is 8.94. The molecule has 0 saturated heterocycles. The van der Waals surface area contributed by atoms with Crippen molar-refractivity contribution in [1.29, 1.82) is 0 Å². The smallest absolute Gasteiger partial charge is 0.225 e. The number of hydrogen-bond acceptors (Lipinski definition) is 4. The Morgan fingerprint density at radius 3 is 2.60 bits per heavy atom. The summed E-state index contributed by atoms with van der Waals surface area (Å²) >= 11 is 0. The van der Waals surface area contributed by atoms with Gasteiger partial charge in [0.2, 0.25) is 15.0 Å². The quantitative estimate of drug-likeness (QED) is 0.784. The van der Waals surface area contributed by atoms with Gasteiger partial charge in [0, 0.05) is 12.2 Å². The third-order valence-corrected chi connectivity index (χ3v) is 3.14. The molecule has 0 spiro atoms. The van der Waals surface area contributed by atoms with E-state index in [4.69, 9.17) is 0 Å². The maximum Gasteiger partial charge on any atom is 0.225 e. The molecule has 0 aliphatic heterocycles. The molecule has 1 N–H and O–H groups in total. The van der Waals surface area contributed by atoms with E-state index in [1.54, 1.807) is 6.92 Å². The molecule has 1 aromatic rings. The van der Waals surface area contributed by atoms with Crippen molar-refractivity contribution in [3.8, 4) is 0 Å². The molecule has 1 aromatic heterocycles. The van der Waals surface area contributed by atoms with Crippen LogP contribution in [0, 0.1) is 5.92 Å². The van der Waals surface area contributed by atoms with E-state index in [9.17, 15) is 13.2 Å². The highest BCUT2D eigenvalue weighted by Crippen LogP contribution is 2.11. The van der Waals surface area contributed by atoms with Crippen molar-refractivity contribution in [1.82, 2.24) is 9.97 Å². The van der Waals surface area contributed by atoms with Crippen LogP contribution in [0.3, 0.4) is 0 Å². The summed E-state index contributed by atoms with van der Waals surface area (Å²) in [5.41, 5.74) is 0.254. The van der Waals surface area contributed by atoms with Gasteiger partial charge in [-0.1, -0.05) is 13.8 Å². The lowest BCUT2D eigenvalue weighted by Gasteiger charge is -2.03. The number of aromatic amines is 1. The Morgan fingerprint density at radius 2 is 2.20 bits per heavy atom. The normalized spacial score (nSPS) is 13.8. The highest BCUT2D eigenvalue weighted by Gasteiger charge is 2.18. The fourth-order valence-corrected chi connectivity index (χ4v) is 1.61. The summed E-state index contributed by atoms with van der Waals surface area (Å²) in [6.45, 7) is 3.69. The molecule has 0 aliphatic carbocycles. The molecule has 6 heteroatoms. The zero-order chi connectivity index (χ0) is 11.6. The lowest BCUT2D eigenvalue weighted by atomic mass is 10.0. The second-order valence-corrected chi connectivity index (χ2v) is 5.48. The molecule has 0 radical (unpaired) electrons. The van der Waals surface area contributed by atoms with Crippen molar-refractivity contribution < 1.29 is 13.2 Å². The molecule has 0 saturated carbocycles. The summed E-state index contributed by atoms with van der Waals surface area (Å²) in [5, 5.41) is -0.158. The van der Waals surface area contributed by atoms with Crippen molar-refractivity contribution in [3.63, 3.8) is 0 Å². The number of nitrogens with one attached hydrogen (secondary N) is 1. The number of imidazole rings is 1. The van der Waals surface area contributed by atoms with Gasteiger partial charge in [-0.3, -0.25) is 4.79 Å². The first-order valence-electron chi connectivity index (χ1n) is 4.65. The second-order valence-electron chi connectivity index (χ2n) is 3.55. The van der Waals surface area contributed by atoms with E-state index < -0.39 is 9.84 Å². The highest BCUT2D eigenvalue weighted by atomic mass is 32.2. The number of sulfone groups is 1. The molecular weight excluding hydrogens is 216 g/mol. The Labute approximate surface area is 88.8 Å². The fraction of sp³-hybridized carbons (Fsp3) is 0.556. The SMILES string of the molecule is CC[C@@H](C)C(=O)c1cnc(S(C)(=O)=O)[nH]1. The van der Waals surface area contributed by atoms with Gasteiger partial charge in [0.05, 0.1) is 6.20 Å². The van der Waals surface area contributed by atoms with Gasteiger partial charge < -0.3 is 4.98 Å².